The van der Waals surface area contributed by atoms with Crippen molar-refractivity contribution in [1.82, 2.24) is 9.59 Å². The van der Waals surface area contributed by atoms with Gasteiger partial charge in [-0.1, -0.05) is 4.49 Å². The minimum Gasteiger partial charge on any atom is -0.392 e. The van der Waals surface area contributed by atoms with Crippen LogP contribution in [0.2, 0.25) is 0 Å². The molecule has 0 aliphatic rings. The highest BCUT2D eigenvalue weighted by molar-refractivity contribution is 7.10. The number of hydrogen-bond donors (Lipinski definition) is 2. The van der Waals surface area contributed by atoms with Gasteiger partial charge >= 0.3 is 0 Å². The predicted octanol–water partition coefficient (Wildman–Crippen LogP) is 1.42. The molecule has 3 N–H and O–H groups in total. The van der Waals surface area contributed by atoms with E-state index in [4.69, 9.17) is 5.73 Å². The summed E-state index contributed by atoms with van der Waals surface area (Å²) >= 11 is 0.878. The Kier molecular flexibility index (Phi) is 3.33. The fourth-order valence-corrected chi connectivity index (χ4v) is 1.78. The Morgan fingerprint density at radius 2 is 2.26 bits per heavy atom. The normalized spacial score (nSPS) is 10.2. The summed E-state index contributed by atoms with van der Waals surface area (Å²) < 4.78 is 17.1. The van der Waals surface area contributed by atoms with Crippen LogP contribution in [-0.2, 0) is 0 Å². The molecule has 1 heterocycles. The molecule has 2 rings (SSSR count). The van der Waals surface area contributed by atoms with E-state index in [1.165, 1.54) is 6.20 Å². The van der Waals surface area contributed by atoms with Crippen LogP contribution < -0.4 is 11.1 Å². The first kappa shape index (κ1) is 12.8. The van der Waals surface area contributed by atoms with Gasteiger partial charge in [0.1, 0.15) is 22.1 Å². The molecule has 0 bridgehead atoms. The molecule has 0 saturated heterocycles. The van der Waals surface area contributed by atoms with Gasteiger partial charge in [-0.3, -0.25) is 14.9 Å². The van der Waals surface area contributed by atoms with Crippen LogP contribution in [0.25, 0.3) is 0 Å². The van der Waals surface area contributed by atoms with Gasteiger partial charge in [0.15, 0.2) is 0 Å². The van der Waals surface area contributed by atoms with E-state index in [0.29, 0.717) is 0 Å². The molecule has 0 fully saturated rings. The van der Waals surface area contributed by atoms with Crippen LogP contribution >= 0.6 is 11.5 Å². The number of hydrogen-bond acceptors (Lipinski definition) is 7. The molecular formula is C9H6FN5O3S. The maximum atomic E-state index is 13.6. The first-order valence-electron chi connectivity index (χ1n) is 4.81. The van der Waals surface area contributed by atoms with Crippen LogP contribution in [0.3, 0.4) is 0 Å². The SMILES string of the molecule is Nc1c([N+](=O)[O-])ccc(F)c1C(=O)Nc1cnns1. The largest absolute Gasteiger partial charge is 0.392 e. The number of anilines is 2. The quantitative estimate of drug-likeness (QED) is 0.498. The van der Waals surface area contributed by atoms with Crippen LogP contribution in [0.1, 0.15) is 10.4 Å². The highest BCUT2D eigenvalue weighted by atomic mass is 32.1. The number of nitrogens with one attached hydrogen (secondary N) is 1. The van der Waals surface area contributed by atoms with Gasteiger partial charge in [-0.25, -0.2) is 4.39 Å². The summed E-state index contributed by atoms with van der Waals surface area (Å²) in [6.45, 7) is 0. The predicted molar refractivity (Wildman–Crippen MR) is 65.3 cm³/mol. The number of nitrogens with two attached hydrogens (primary N) is 1. The number of benzene rings is 1. The van der Waals surface area contributed by atoms with Crippen molar-refractivity contribution in [2.75, 3.05) is 11.1 Å². The number of nitrogen functional groups attached to an aromatic ring is 1. The maximum Gasteiger partial charge on any atom is 0.293 e. The maximum absolute atomic E-state index is 13.6. The van der Waals surface area contributed by atoms with Gasteiger partial charge in [-0.05, 0) is 6.07 Å². The topological polar surface area (TPSA) is 124 Å². The van der Waals surface area contributed by atoms with Crippen LogP contribution in [0.4, 0.5) is 20.8 Å². The molecule has 19 heavy (non-hydrogen) atoms. The van der Waals surface area contributed by atoms with E-state index in [1.807, 2.05) is 0 Å². The summed E-state index contributed by atoms with van der Waals surface area (Å²) in [6.07, 6.45) is 1.26. The van der Waals surface area contributed by atoms with E-state index >= 15 is 0 Å². The average molecular weight is 283 g/mol. The van der Waals surface area contributed by atoms with Gasteiger partial charge in [0.25, 0.3) is 11.6 Å². The summed E-state index contributed by atoms with van der Waals surface area (Å²) in [7, 11) is 0. The van der Waals surface area contributed by atoms with E-state index in [1.54, 1.807) is 0 Å². The molecule has 8 nitrogen and oxygen atoms in total. The van der Waals surface area contributed by atoms with Crippen molar-refractivity contribution in [3.8, 4) is 0 Å². The van der Waals surface area contributed by atoms with E-state index in [-0.39, 0.29) is 5.00 Å². The second-order valence-corrected chi connectivity index (χ2v) is 4.13. The molecule has 0 radical (unpaired) electrons. The zero-order chi connectivity index (χ0) is 14.0. The van der Waals surface area contributed by atoms with E-state index in [2.05, 4.69) is 14.9 Å². The summed E-state index contributed by atoms with van der Waals surface area (Å²) in [5.74, 6) is -1.84. The standard InChI is InChI=1S/C9H6FN5O3S/c10-4-1-2-5(15(17)18)8(11)7(4)9(16)13-6-3-12-14-19-6/h1-3H,11H2,(H,13,16). The van der Waals surface area contributed by atoms with Crippen LogP contribution in [-0.4, -0.2) is 20.4 Å². The van der Waals surface area contributed by atoms with Gasteiger partial charge in [0.2, 0.25) is 0 Å². The number of carbonyl (C=O) groups is 1. The van der Waals surface area contributed by atoms with E-state index < -0.39 is 33.6 Å². The lowest BCUT2D eigenvalue weighted by Crippen LogP contribution is -2.16. The monoisotopic (exact) mass is 283 g/mol. The molecule has 0 aliphatic heterocycles. The zero-order valence-corrected chi connectivity index (χ0v) is 9.98. The summed E-state index contributed by atoms with van der Waals surface area (Å²) in [5.41, 5.74) is 3.80. The van der Waals surface area contributed by atoms with Crippen molar-refractivity contribution in [2.24, 2.45) is 0 Å². The number of nitro groups is 1. The first-order chi connectivity index (χ1) is 9.00. The Bertz CT molecular complexity index is 646. The fourth-order valence-electron chi connectivity index (χ4n) is 1.37. The molecule has 2 aromatic rings. The van der Waals surface area contributed by atoms with Crippen molar-refractivity contribution in [2.45, 2.75) is 0 Å². The lowest BCUT2D eigenvalue weighted by molar-refractivity contribution is -0.384. The van der Waals surface area contributed by atoms with Crippen molar-refractivity contribution in [1.29, 1.82) is 0 Å². The minimum atomic E-state index is -0.946. The van der Waals surface area contributed by atoms with Gasteiger partial charge < -0.3 is 11.1 Å². The highest BCUT2D eigenvalue weighted by Gasteiger charge is 2.24. The number of halogens is 1. The molecule has 1 amide bonds. The number of nitro benzene ring substituents is 1. The Balaban J connectivity index is 2.41. The summed E-state index contributed by atoms with van der Waals surface area (Å²) in [5, 5.41) is 16.7. The smallest absolute Gasteiger partial charge is 0.293 e. The first-order valence-corrected chi connectivity index (χ1v) is 5.59. The molecule has 10 heteroatoms. The van der Waals surface area contributed by atoms with E-state index in [0.717, 1.165) is 23.7 Å². The van der Waals surface area contributed by atoms with Crippen LogP contribution in [0, 0.1) is 15.9 Å². The molecule has 0 atom stereocenters. The van der Waals surface area contributed by atoms with Gasteiger partial charge in [-0.2, -0.15) is 0 Å². The molecule has 0 unspecified atom stereocenters. The number of rotatable bonds is 3. The van der Waals surface area contributed by atoms with Gasteiger partial charge in [0, 0.05) is 17.6 Å². The number of nitrogens with zero attached hydrogens (tertiary/aromatic N) is 3. The Morgan fingerprint density at radius 1 is 1.53 bits per heavy atom. The summed E-state index contributed by atoms with van der Waals surface area (Å²) in [4.78, 5) is 21.7. The molecule has 1 aromatic heterocycles. The lowest BCUT2D eigenvalue weighted by Gasteiger charge is -2.06. The number of carbonyl (C=O) groups excluding carboxylic acids is 1. The van der Waals surface area contributed by atoms with E-state index in [9.17, 15) is 19.3 Å². The number of amides is 1. The third-order valence-corrected chi connectivity index (χ3v) is 2.77. The zero-order valence-electron chi connectivity index (χ0n) is 9.16. The molecule has 0 aliphatic carbocycles. The van der Waals surface area contributed by atoms with Gasteiger partial charge in [0.05, 0.1) is 11.1 Å². The van der Waals surface area contributed by atoms with Crippen molar-refractivity contribution >= 4 is 33.8 Å². The molecular weight excluding hydrogens is 277 g/mol. The van der Waals surface area contributed by atoms with Crippen LogP contribution in [0.5, 0.6) is 0 Å². The Morgan fingerprint density at radius 3 is 2.84 bits per heavy atom. The molecule has 0 spiro atoms. The summed E-state index contributed by atoms with van der Waals surface area (Å²) in [6, 6.07) is 1.71. The Hall–Kier alpha value is -2.62. The second-order valence-electron chi connectivity index (χ2n) is 3.35. The average Bonchev–Trinajstić information content (AvgIpc) is 2.81. The minimum absolute atomic E-state index is 0.273. The van der Waals surface area contributed by atoms with Crippen molar-refractivity contribution in [3.05, 3.63) is 39.8 Å². The second kappa shape index (κ2) is 4.94. The van der Waals surface area contributed by atoms with Gasteiger partial charge in [-0.15, -0.1) is 5.10 Å². The lowest BCUT2D eigenvalue weighted by atomic mass is 10.1. The fraction of sp³-hybridized carbons (Fsp3) is 0. The highest BCUT2D eigenvalue weighted by Crippen LogP contribution is 2.28. The molecule has 0 saturated carbocycles. The third-order valence-electron chi connectivity index (χ3n) is 2.19. The Labute approximate surface area is 109 Å². The molecule has 98 valence electrons. The third kappa shape index (κ3) is 2.47. The molecule has 1 aromatic carbocycles. The number of aromatic nitrogens is 2. The van der Waals surface area contributed by atoms with Crippen molar-refractivity contribution in [3.63, 3.8) is 0 Å². The van der Waals surface area contributed by atoms with Crippen molar-refractivity contribution < 1.29 is 14.1 Å². The van der Waals surface area contributed by atoms with Crippen LogP contribution in [0.15, 0.2) is 18.3 Å².